The zero-order valence-corrected chi connectivity index (χ0v) is 9.27. The molecule has 1 aromatic heterocycles. The highest BCUT2D eigenvalue weighted by Crippen LogP contribution is 2.21. The number of rotatable bonds is 3. The molecule has 0 amide bonds. The zero-order chi connectivity index (χ0) is 10.8. The lowest BCUT2D eigenvalue weighted by molar-refractivity contribution is 0.196. The Morgan fingerprint density at radius 2 is 2.13 bits per heavy atom. The Bertz CT molecular complexity index is 457. The van der Waals surface area contributed by atoms with Crippen LogP contribution < -0.4 is 0 Å². The van der Waals surface area contributed by atoms with Gasteiger partial charge in [0.25, 0.3) is 0 Å². The van der Waals surface area contributed by atoms with Crippen LogP contribution in [0.5, 0.6) is 0 Å². The van der Waals surface area contributed by atoms with Gasteiger partial charge in [0.1, 0.15) is 0 Å². The van der Waals surface area contributed by atoms with Crippen molar-refractivity contribution in [3.05, 3.63) is 36.0 Å². The van der Waals surface area contributed by atoms with Gasteiger partial charge in [0, 0.05) is 23.6 Å². The van der Waals surface area contributed by atoms with Crippen molar-refractivity contribution in [1.29, 1.82) is 0 Å². The fraction of sp³-hybridized carbons (Fsp3) is 0.385. The molecule has 0 spiro atoms. The van der Waals surface area contributed by atoms with Crippen LogP contribution in [0, 0.1) is 0 Å². The standard InChI is InChI=1S/C13H17NO/c1-3-14-8-7-12-11(9-10(2)15)5-4-6-13(12)14/h4-8,10,15H,3,9H2,1-2H3. The molecule has 0 radical (unpaired) electrons. The number of hydrogen-bond acceptors (Lipinski definition) is 1. The van der Waals surface area contributed by atoms with Crippen molar-refractivity contribution in [2.24, 2.45) is 0 Å². The number of nitrogens with zero attached hydrogens (tertiary/aromatic N) is 1. The van der Waals surface area contributed by atoms with Crippen molar-refractivity contribution in [2.45, 2.75) is 32.9 Å². The number of aliphatic hydroxyl groups is 1. The SMILES string of the molecule is CCn1ccc2c(CC(C)O)cccc21. The fourth-order valence-electron chi connectivity index (χ4n) is 2.06. The number of hydrogen-bond donors (Lipinski definition) is 1. The van der Waals surface area contributed by atoms with Gasteiger partial charge in [-0.3, -0.25) is 0 Å². The minimum atomic E-state index is -0.277. The third-order valence-electron chi connectivity index (χ3n) is 2.76. The molecular formula is C13H17NO. The second kappa shape index (κ2) is 4.07. The Labute approximate surface area is 90.2 Å². The van der Waals surface area contributed by atoms with E-state index in [9.17, 15) is 5.11 Å². The predicted molar refractivity (Wildman–Crippen MR) is 63.0 cm³/mol. The molecular weight excluding hydrogens is 186 g/mol. The molecule has 15 heavy (non-hydrogen) atoms. The number of aliphatic hydroxyl groups excluding tert-OH is 1. The lowest BCUT2D eigenvalue weighted by atomic mass is 10.0. The molecule has 2 rings (SSSR count). The van der Waals surface area contributed by atoms with Gasteiger partial charge >= 0.3 is 0 Å². The molecule has 2 heteroatoms. The summed E-state index contributed by atoms with van der Waals surface area (Å²) in [5.74, 6) is 0. The smallest absolute Gasteiger partial charge is 0.0552 e. The molecule has 0 bridgehead atoms. The van der Waals surface area contributed by atoms with Gasteiger partial charge < -0.3 is 9.67 Å². The summed E-state index contributed by atoms with van der Waals surface area (Å²) in [7, 11) is 0. The van der Waals surface area contributed by atoms with Gasteiger partial charge in [0.05, 0.1) is 6.10 Å². The third kappa shape index (κ3) is 1.90. The maximum atomic E-state index is 9.42. The van der Waals surface area contributed by atoms with Gasteiger partial charge in [0.15, 0.2) is 0 Å². The van der Waals surface area contributed by atoms with Crippen LogP contribution in [0.1, 0.15) is 19.4 Å². The monoisotopic (exact) mass is 203 g/mol. The van der Waals surface area contributed by atoms with Crippen LogP contribution >= 0.6 is 0 Å². The molecule has 1 aromatic carbocycles. The summed E-state index contributed by atoms with van der Waals surface area (Å²) in [5.41, 5.74) is 2.49. The molecule has 0 aliphatic rings. The number of benzene rings is 1. The van der Waals surface area contributed by atoms with Gasteiger partial charge in [-0.2, -0.15) is 0 Å². The van der Waals surface area contributed by atoms with E-state index in [0.29, 0.717) is 0 Å². The number of fused-ring (bicyclic) bond motifs is 1. The topological polar surface area (TPSA) is 25.2 Å². The number of aromatic nitrogens is 1. The predicted octanol–water partition coefficient (Wildman–Crippen LogP) is 2.58. The first-order valence-corrected chi connectivity index (χ1v) is 5.47. The van der Waals surface area contributed by atoms with Gasteiger partial charge in [-0.15, -0.1) is 0 Å². The van der Waals surface area contributed by atoms with E-state index in [2.05, 4.69) is 42.0 Å². The summed E-state index contributed by atoms with van der Waals surface area (Å²) in [6.07, 6.45) is 2.56. The second-order valence-corrected chi connectivity index (χ2v) is 4.00. The van der Waals surface area contributed by atoms with Crippen LogP contribution in [0.25, 0.3) is 10.9 Å². The molecule has 0 saturated carbocycles. The highest BCUT2D eigenvalue weighted by molar-refractivity contribution is 5.83. The molecule has 80 valence electrons. The summed E-state index contributed by atoms with van der Waals surface area (Å²) < 4.78 is 2.22. The van der Waals surface area contributed by atoms with E-state index in [0.717, 1.165) is 13.0 Å². The minimum absolute atomic E-state index is 0.277. The van der Waals surface area contributed by atoms with Crippen LogP contribution in [-0.4, -0.2) is 15.8 Å². The van der Waals surface area contributed by atoms with Crippen molar-refractivity contribution < 1.29 is 5.11 Å². The van der Waals surface area contributed by atoms with E-state index in [1.54, 1.807) is 0 Å². The molecule has 1 heterocycles. The summed E-state index contributed by atoms with van der Waals surface area (Å²) >= 11 is 0. The molecule has 0 aliphatic heterocycles. The lowest BCUT2D eigenvalue weighted by Gasteiger charge is -2.07. The van der Waals surface area contributed by atoms with E-state index >= 15 is 0 Å². The molecule has 0 aliphatic carbocycles. The largest absolute Gasteiger partial charge is 0.393 e. The molecule has 1 unspecified atom stereocenters. The second-order valence-electron chi connectivity index (χ2n) is 4.00. The van der Waals surface area contributed by atoms with Gasteiger partial charge in [-0.25, -0.2) is 0 Å². The third-order valence-corrected chi connectivity index (χ3v) is 2.76. The molecule has 0 fully saturated rings. The summed E-state index contributed by atoms with van der Waals surface area (Å²) in [6, 6.07) is 8.42. The maximum absolute atomic E-state index is 9.42. The van der Waals surface area contributed by atoms with Crippen molar-refractivity contribution in [3.8, 4) is 0 Å². The van der Waals surface area contributed by atoms with Gasteiger partial charge in [-0.05, 0) is 38.0 Å². The van der Waals surface area contributed by atoms with E-state index in [4.69, 9.17) is 0 Å². The number of aryl methyl sites for hydroxylation is 1. The van der Waals surface area contributed by atoms with Crippen molar-refractivity contribution in [1.82, 2.24) is 4.57 Å². The Balaban J connectivity index is 2.52. The Hall–Kier alpha value is -1.28. The van der Waals surface area contributed by atoms with Gasteiger partial charge in [-0.1, -0.05) is 12.1 Å². The van der Waals surface area contributed by atoms with E-state index in [1.807, 2.05) is 6.92 Å². The quantitative estimate of drug-likeness (QED) is 0.815. The minimum Gasteiger partial charge on any atom is -0.393 e. The average Bonchev–Trinajstić information content (AvgIpc) is 2.61. The van der Waals surface area contributed by atoms with Crippen LogP contribution in [0.3, 0.4) is 0 Å². The van der Waals surface area contributed by atoms with Crippen LogP contribution in [0.4, 0.5) is 0 Å². The molecule has 1 atom stereocenters. The summed E-state index contributed by atoms with van der Waals surface area (Å²) in [5, 5.41) is 10.7. The normalized spacial score (nSPS) is 13.3. The highest BCUT2D eigenvalue weighted by atomic mass is 16.3. The Kier molecular flexibility index (Phi) is 2.78. The fourth-order valence-corrected chi connectivity index (χ4v) is 2.06. The van der Waals surface area contributed by atoms with Crippen LogP contribution in [-0.2, 0) is 13.0 Å². The zero-order valence-electron chi connectivity index (χ0n) is 9.27. The molecule has 2 nitrogen and oxygen atoms in total. The Morgan fingerprint density at radius 3 is 2.80 bits per heavy atom. The summed E-state index contributed by atoms with van der Waals surface area (Å²) in [6.45, 7) is 4.96. The van der Waals surface area contributed by atoms with Crippen molar-refractivity contribution in [2.75, 3.05) is 0 Å². The molecule has 1 N–H and O–H groups in total. The van der Waals surface area contributed by atoms with Crippen LogP contribution in [0.15, 0.2) is 30.5 Å². The van der Waals surface area contributed by atoms with E-state index in [1.165, 1.54) is 16.5 Å². The first-order chi connectivity index (χ1) is 7.22. The lowest BCUT2D eigenvalue weighted by Crippen LogP contribution is -2.04. The maximum Gasteiger partial charge on any atom is 0.0552 e. The first-order valence-electron chi connectivity index (χ1n) is 5.47. The van der Waals surface area contributed by atoms with Crippen LogP contribution in [0.2, 0.25) is 0 Å². The van der Waals surface area contributed by atoms with E-state index in [-0.39, 0.29) is 6.10 Å². The Morgan fingerprint density at radius 1 is 1.33 bits per heavy atom. The molecule has 0 saturated heterocycles. The molecule has 2 aromatic rings. The summed E-state index contributed by atoms with van der Waals surface area (Å²) in [4.78, 5) is 0. The van der Waals surface area contributed by atoms with Gasteiger partial charge in [0.2, 0.25) is 0 Å². The average molecular weight is 203 g/mol. The highest BCUT2D eigenvalue weighted by Gasteiger charge is 2.06. The first kappa shape index (κ1) is 10.2. The van der Waals surface area contributed by atoms with Crippen molar-refractivity contribution >= 4 is 10.9 Å². The van der Waals surface area contributed by atoms with Crippen molar-refractivity contribution in [3.63, 3.8) is 0 Å². The van der Waals surface area contributed by atoms with E-state index < -0.39 is 0 Å².